The normalized spacial score (nSPS) is 33.2. The molecule has 0 aliphatic heterocycles. The smallest absolute Gasteiger partial charge is 0.0494 e. The van der Waals surface area contributed by atoms with Crippen molar-refractivity contribution in [3.8, 4) is 0 Å². The van der Waals surface area contributed by atoms with Crippen molar-refractivity contribution in [2.24, 2.45) is 29.6 Å². The average molecular weight is 381 g/mol. The summed E-state index contributed by atoms with van der Waals surface area (Å²) in [6, 6.07) is 0. The van der Waals surface area contributed by atoms with E-state index in [1.54, 1.807) is 0 Å². The summed E-state index contributed by atoms with van der Waals surface area (Å²) in [6.07, 6.45) is 17.9. The Labute approximate surface area is 167 Å². The van der Waals surface area contributed by atoms with Gasteiger partial charge in [0.05, 0.1) is 0 Å². The monoisotopic (exact) mass is 380 g/mol. The zero-order valence-electron chi connectivity index (χ0n) is 17.8. The van der Waals surface area contributed by atoms with Crippen LogP contribution in [0, 0.1) is 29.6 Å². The first-order valence-corrected chi connectivity index (χ1v) is 12.0. The van der Waals surface area contributed by atoms with Crippen LogP contribution in [-0.2, 0) is 14.2 Å². The van der Waals surface area contributed by atoms with Gasteiger partial charge in [-0.25, -0.2) is 0 Å². The molecule has 3 heteroatoms. The van der Waals surface area contributed by atoms with E-state index in [9.17, 15) is 0 Å². The van der Waals surface area contributed by atoms with E-state index in [0.29, 0.717) is 0 Å². The first kappa shape index (κ1) is 21.6. The van der Waals surface area contributed by atoms with Crippen molar-refractivity contribution >= 4 is 0 Å². The van der Waals surface area contributed by atoms with Gasteiger partial charge in [0.15, 0.2) is 0 Å². The Morgan fingerprint density at radius 2 is 0.926 bits per heavy atom. The Balaban J connectivity index is 1.24. The summed E-state index contributed by atoms with van der Waals surface area (Å²) in [7, 11) is 1.82. The molecule has 0 saturated heterocycles. The van der Waals surface area contributed by atoms with Gasteiger partial charge in [0.1, 0.15) is 0 Å². The van der Waals surface area contributed by atoms with Crippen molar-refractivity contribution in [1.29, 1.82) is 0 Å². The van der Waals surface area contributed by atoms with E-state index >= 15 is 0 Å². The van der Waals surface area contributed by atoms with Crippen molar-refractivity contribution in [3.05, 3.63) is 0 Å². The number of hydrogen-bond acceptors (Lipinski definition) is 3. The highest BCUT2D eigenvalue weighted by Crippen LogP contribution is 2.33. The molecule has 3 aliphatic rings. The third-order valence-corrected chi connectivity index (χ3v) is 7.33. The second-order valence-electron chi connectivity index (χ2n) is 9.83. The summed E-state index contributed by atoms with van der Waals surface area (Å²) in [5, 5.41) is 0. The van der Waals surface area contributed by atoms with Crippen LogP contribution in [0.15, 0.2) is 0 Å². The fourth-order valence-corrected chi connectivity index (χ4v) is 5.76. The van der Waals surface area contributed by atoms with Crippen LogP contribution in [0.3, 0.4) is 0 Å². The van der Waals surface area contributed by atoms with Crippen LogP contribution < -0.4 is 0 Å². The molecule has 0 N–H and O–H groups in total. The minimum absolute atomic E-state index is 0.765. The highest BCUT2D eigenvalue weighted by molar-refractivity contribution is 4.76. The predicted molar refractivity (Wildman–Crippen MR) is 111 cm³/mol. The van der Waals surface area contributed by atoms with Crippen LogP contribution >= 0.6 is 0 Å². The molecule has 0 aromatic rings. The Kier molecular flexibility index (Phi) is 9.95. The van der Waals surface area contributed by atoms with Gasteiger partial charge in [-0.15, -0.1) is 0 Å². The third kappa shape index (κ3) is 8.03. The Hall–Kier alpha value is -0.120. The first-order chi connectivity index (χ1) is 13.3. The Bertz CT molecular complexity index is 378. The SMILES string of the molecule is COCC1CCC(COCC2CCCC(COCC3CCCCCC3)C2)C1. The van der Waals surface area contributed by atoms with Gasteiger partial charge in [-0.2, -0.15) is 0 Å². The molecule has 3 rings (SSSR count). The van der Waals surface area contributed by atoms with Crippen LogP contribution in [0.25, 0.3) is 0 Å². The molecular weight excluding hydrogens is 336 g/mol. The second kappa shape index (κ2) is 12.4. The zero-order chi connectivity index (χ0) is 18.7. The van der Waals surface area contributed by atoms with Gasteiger partial charge >= 0.3 is 0 Å². The summed E-state index contributed by atoms with van der Waals surface area (Å²) < 4.78 is 17.7. The fourth-order valence-electron chi connectivity index (χ4n) is 5.76. The molecule has 3 nitrogen and oxygen atoms in total. The lowest BCUT2D eigenvalue weighted by atomic mass is 9.82. The van der Waals surface area contributed by atoms with E-state index in [-0.39, 0.29) is 0 Å². The van der Waals surface area contributed by atoms with Crippen molar-refractivity contribution in [3.63, 3.8) is 0 Å². The maximum atomic E-state index is 6.18. The molecule has 0 spiro atoms. The molecule has 158 valence electrons. The van der Waals surface area contributed by atoms with Crippen LogP contribution in [0.5, 0.6) is 0 Å². The van der Waals surface area contributed by atoms with Gasteiger partial charge in [-0.1, -0.05) is 32.1 Å². The molecule has 4 unspecified atom stereocenters. The standard InChI is InChI=1S/C24H44O3/c1-25-15-23-11-12-24(14-23)19-27-18-22-10-6-9-21(13-22)17-26-16-20-7-4-2-3-5-8-20/h20-24H,2-19H2,1H3. The van der Waals surface area contributed by atoms with E-state index in [0.717, 1.165) is 62.6 Å². The molecule has 27 heavy (non-hydrogen) atoms. The van der Waals surface area contributed by atoms with Gasteiger partial charge < -0.3 is 14.2 Å². The van der Waals surface area contributed by atoms with Gasteiger partial charge in [-0.05, 0) is 81.0 Å². The molecule has 0 heterocycles. The van der Waals surface area contributed by atoms with Crippen molar-refractivity contribution in [2.45, 2.75) is 83.5 Å². The molecule has 3 saturated carbocycles. The maximum Gasteiger partial charge on any atom is 0.0494 e. The lowest BCUT2D eigenvalue weighted by molar-refractivity contribution is 0.0219. The van der Waals surface area contributed by atoms with Gasteiger partial charge in [0, 0.05) is 40.1 Å². The van der Waals surface area contributed by atoms with Crippen molar-refractivity contribution in [2.75, 3.05) is 40.1 Å². The molecule has 0 aromatic carbocycles. The first-order valence-electron chi connectivity index (χ1n) is 12.0. The Morgan fingerprint density at radius 1 is 0.481 bits per heavy atom. The molecule has 4 atom stereocenters. The predicted octanol–water partition coefficient (Wildman–Crippen LogP) is 5.86. The molecule has 3 aliphatic carbocycles. The Morgan fingerprint density at radius 3 is 1.48 bits per heavy atom. The van der Waals surface area contributed by atoms with E-state index in [2.05, 4.69) is 0 Å². The summed E-state index contributed by atoms with van der Waals surface area (Å²) in [5.41, 5.74) is 0. The summed E-state index contributed by atoms with van der Waals surface area (Å²) in [4.78, 5) is 0. The molecule has 0 radical (unpaired) electrons. The van der Waals surface area contributed by atoms with E-state index in [1.165, 1.54) is 83.5 Å². The number of methoxy groups -OCH3 is 1. The van der Waals surface area contributed by atoms with Crippen molar-refractivity contribution < 1.29 is 14.2 Å². The van der Waals surface area contributed by atoms with E-state index in [1.807, 2.05) is 7.11 Å². The average Bonchev–Trinajstić information content (AvgIpc) is 2.96. The minimum atomic E-state index is 0.765. The summed E-state index contributed by atoms with van der Waals surface area (Å²) in [5.74, 6) is 3.92. The van der Waals surface area contributed by atoms with Gasteiger partial charge in [0.2, 0.25) is 0 Å². The summed E-state index contributed by atoms with van der Waals surface area (Å²) in [6.45, 7) is 4.89. The van der Waals surface area contributed by atoms with Crippen LogP contribution in [-0.4, -0.2) is 40.1 Å². The van der Waals surface area contributed by atoms with Crippen LogP contribution in [0.2, 0.25) is 0 Å². The number of hydrogen-bond donors (Lipinski definition) is 0. The number of rotatable bonds is 10. The molecule has 0 bridgehead atoms. The fraction of sp³-hybridized carbons (Fsp3) is 1.00. The van der Waals surface area contributed by atoms with Gasteiger partial charge in [0.25, 0.3) is 0 Å². The lowest BCUT2D eigenvalue weighted by Crippen LogP contribution is -2.24. The van der Waals surface area contributed by atoms with E-state index < -0.39 is 0 Å². The van der Waals surface area contributed by atoms with Gasteiger partial charge in [-0.3, -0.25) is 0 Å². The lowest BCUT2D eigenvalue weighted by Gasteiger charge is -2.29. The highest BCUT2D eigenvalue weighted by atomic mass is 16.5. The largest absolute Gasteiger partial charge is 0.384 e. The topological polar surface area (TPSA) is 27.7 Å². The highest BCUT2D eigenvalue weighted by Gasteiger charge is 2.26. The summed E-state index contributed by atoms with van der Waals surface area (Å²) >= 11 is 0. The molecule has 0 aromatic heterocycles. The van der Waals surface area contributed by atoms with Crippen LogP contribution in [0.1, 0.15) is 83.5 Å². The quantitative estimate of drug-likeness (QED) is 0.444. The molecule has 0 amide bonds. The molecular formula is C24H44O3. The zero-order valence-corrected chi connectivity index (χ0v) is 17.8. The van der Waals surface area contributed by atoms with E-state index in [4.69, 9.17) is 14.2 Å². The minimum Gasteiger partial charge on any atom is -0.384 e. The number of ether oxygens (including phenoxy) is 3. The molecule has 3 fully saturated rings. The van der Waals surface area contributed by atoms with Crippen LogP contribution in [0.4, 0.5) is 0 Å². The third-order valence-electron chi connectivity index (χ3n) is 7.33. The maximum absolute atomic E-state index is 6.18. The van der Waals surface area contributed by atoms with Crippen molar-refractivity contribution in [1.82, 2.24) is 0 Å². The second-order valence-corrected chi connectivity index (χ2v) is 9.83.